The van der Waals surface area contributed by atoms with Crippen molar-refractivity contribution < 1.29 is 22.7 Å². The van der Waals surface area contributed by atoms with Crippen LogP contribution in [0.25, 0.3) is 0 Å². The van der Waals surface area contributed by atoms with Gasteiger partial charge >= 0.3 is 5.97 Å². The Balaban J connectivity index is 1.94. The number of rotatable bonds is 8. The van der Waals surface area contributed by atoms with E-state index in [0.717, 1.165) is 10.0 Å². The summed E-state index contributed by atoms with van der Waals surface area (Å²) in [5.41, 5.74) is 1.75. The van der Waals surface area contributed by atoms with E-state index in [9.17, 15) is 18.0 Å². The molecule has 29 heavy (non-hydrogen) atoms. The summed E-state index contributed by atoms with van der Waals surface area (Å²) in [6, 6.07) is 10.6. The maximum absolute atomic E-state index is 12.2. The molecule has 9 heteroatoms. The largest absolute Gasteiger partial charge is 0.452 e. The third-order valence-corrected chi connectivity index (χ3v) is 6.36. The van der Waals surface area contributed by atoms with Gasteiger partial charge in [0.15, 0.2) is 6.61 Å². The van der Waals surface area contributed by atoms with E-state index in [1.165, 1.54) is 24.3 Å². The highest BCUT2D eigenvalue weighted by molar-refractivity contribution is 9.10. The zero-order valence-corrected chi connectivity index (χ0v) is 18.8. The molecule has 0 aromatic heterocycles. The second kappa shape index (κ2) is 10.00. The number of amides is 1. The quantitative estimate of drug-likeness (QED) is 0.559. The Kier molecular flexibility index (Phi) is 7.95. The van der Waals surface area contributed by atoms with Crippen molar-refractivity contribution in [2.75, 3.05) is 11.9 Å². The highest BCUT2D eigenvalue weighted by Crippen LogP contribution is 2.23. The third kappa shape index (κ3) is 6.66. The second-order valence-electron chi connectivity index (χ2n) is 6.56. The molecule has 2 aromatic rings. The van der Waals surface area contributed by atoms with E-state index in [1.807, 2.05) is 26.0 Å². The lowest BCUT2D eigenvalue weighted by atomic mass is 10.2. The first-order chi connectivity index (χ1) is 13.6. The number of nitrogens with one attached hydrogen (secondary N) is 2. The average molecular weight is 483 g/mol. The topological polar surface area (TPSA) is 102 Å². The summed E-state index contributed by atoms with van der Waals surface area (Å²) in [4.78, 5) is 24.2. The molecule has 0 radical (unpaired) electrons. The number of hydrogen-bond acceptors (Lipinski definition) is 5. The number of carbonyl (C=O) groups excluding carboxylic acids is 2. The minimum Gasteiger partial charge on any atom is -0.452 e. The fourth-order valence-electron chi connectivity index (χ4n) is 2.31. The number of benzene rings is 2. The van der Waals surface area contributed by atoms with Crippen LogP contribution < -0.4 is 10.0 Å². The first-order valence-corrected chi connectivity index (χ1v) is 11.3. The fraction of sp³-hybridized carbons (Fsp3) is 0.300. The summed E-state index contributed by atoms with van der Waals surface area (Å²) in [5, 5.41) is 2.65. The fourth-order valence-corrected chi connectivity index (χ4v) is 4.23. The van der Waals surface area contributed by atoms with Gasteiger partial charge in [0.25, 0.3) is 5.91 Å². The number of halogens is 1. The summed E-state index contributed by atoms with van der Waals surface area (Å²) in [6.07, 6.45) is 0.658. The number of anilines is 1. The molecule has 0 fully saturated rings. The maximum Gasteiger partial charge on any atom is 0.338 e. The molecule has 2 rings (SSSR count). The summed E-state index contributed by atoms with van der Waals surface area (Å²) in [7, 11) is -3.65. The molecule has 1 amide bonds. The van der Waals surface area contributed by atoms with Gasteiger partial charge in [-0.25, -0.2) is 17.9 Å². The molecule has 1 atom stereocenters. The van der Waals surface area contributed by atoms with Crippen molar-refractivity contribution in [1.82, 2.24) is 4.72 Å². The Morgan fingerprint density at radius 3 is 2.38 bits per heavy atom. The highest BCUT2D eigenvalue weighted by atomic mass is 79.9. The van der Waals surface area contributed by atoms with Gasteiger partial charge in [0.1, 0.15) is 0 Å². The van der Waals surface area contributed by atoms with Gasteiger partial charge in [0.2, 0.25) is 10.0 Å². The Bertz CT molecular complexity index is 990. The smallest absolute Gasteiger partial charge is 0.338 e. The van der Waals surface area contributed by atoms with Crippen LogP contribution in [-0.4, -0.2) is 32.9 Å². The maximum atomic E-state index is 12.2. The summed E-state index contributed by atoms with van der Waals surface area (Å²) in [5.74, 6) is -1.21. The predicted molar refractivity (Wildman–Crippen MR) is 114 cm³/mol. The van der Waals surface area contributed by atoms with Crippen molar-refractivity contribution in [2.45, 2.75) is 38.1 Å². The molecule has 0 heterocycles. The number of hydrogen-bond donors (Lipinski definition) is 2. The van der Waals surface area contributed by atoms with E-state index in [1.54, 1.807) is 13.0 Å². The lowest BCUT2D eigenvalue weighted by Crippen LogP contribution is -2.32. The molecule has 0 aliphatic rings. The van der Waals surface area contributed by atoms with Crippen LogP contribution in [0.3, 0.4) is 0 Å². The Labute approximate surface area is 179 Å². The van der Waals surface area contributed by atoms with Crippen LogP contribution in [0.4, 0.5) is 5.69 Å². The first-order valence-electron chi connectivity index (χ1n) is 8.98. The Hall–Kier alpha value is -2.23. The van der Waals surface area contributed by atoms with Gasteiger partial charge in [-0.1, -0.05) is 13.0 Å². The van der Waals surface area contributed by atoms with Crippen LogP contribution in [0.1, 0.15) is 36.2 Å². The van der Waals surface area contributed by atoms with Gasteiger partial charge in [-0.2, -0.15) is 0 Å². The molecular weight excluding hydrogens is 460 g/mol. The summed E-state index contributed by atoms with van der Waals surface area (Å²) < 4.78 is 32.7. The van der Waals surface area contributed by atoms with Gasteiger partial charge < -0.3 is 10.1 Å². The molecule has 0 aliphatic heterocycles. The molecule has 156 valence electrons. The Morgan fingerprint density at radius 1 is 1.14 bits per heavy atom. The number of carbonyl (C=O) groups is 2. The molecule has 0 aliphatic carbocycles. The predicted octanol–water partition coefficient (Wildman–Crippen LogP) is 3.63. The number of sulfonamides is 1. The van der Waals surface area contributed by atoms with E-state index in [4.69, 9.17) is 4.74 Å². The van der Waals surface area contributed by atoms with E-state index >= 15 is 0 Å². The van der Waals surface area contributed by atoms with Crippen LogP contribution in [0.5, 0.6) is 0 Å². The van der Waals surface area contributed by atoms with Gasteiger partial charge in [-0.05, 0) is 78.2 Å². The van der Waals surface area contributed by atoms with E-state index in [-0.39, 0.29) is 16.5 Å². The summed E-state index contributed by atoms with van der Waals surface area (Å²) >= 11 is 3.36. The van der Waals surface area contributed by atoms with Crippen LogP contribution in [0.2, 0.25) is 0 Å². The van der Waals surface area contributed by atoms with Gasteiger partial charge in [-0.15, -0.1) is 0 Å². The van der Waals surface area contributed by atoms with E-state index < -0.39 is 28.5 Å². The molecule has 7 nitrogen and oxygen atoms in total. The lowest BCUT2D eigenvalue weighted by Gasteiger charge is -2.12. The van der Waals surface area contributed by atoms with Crippen molar-refractivity contribution >= 4 is 43.5 Å². The lowest BCUT2D eigenvalue weighted by molar-refractivity contribution is -0.119. The molecule has 0 saturated heterocycles. The number of esters is 1. The first kappa shape index (κ1) is 23.1. The molecule has 0 spiro atoms. The zero-order valence-electron chi connectivity index (χ0n) is 16.4. The van der Waals surface area contributed by atoms with Crippen LogP contribution in [-0.2, 0) is 19.6 Å². The molecule has 0 bridgehead atoms. The standard InChI is InChI=1S/C20H23BrN2O5S/c1-4-14(3)23-29(26,27)16-8-6-15(7-9-16)20(25)28-12-19(24)22-18-10-5-13(2)11-17(18)21/h5-11,14,23H,4,12H2,1-3H3,(H,22,24). The van der Waals surface area contributed by atoms with Crippen molar-refractivity contribution in [3.05, 3.63) is 58.1 Å². The molecule has 2 aromatic carbocycles. The van der Waals surface area contributed by atoms with Crippen molar-refractivity contribution in [3.8, 4) is 0 Å². The zero-order chi connectivity index (χ0) is 21.6. The van der Waals surface area contributed by atoms with Crippen LogP contribution in [0.15, 0.2) is 51.8 Å². The van der Waals surface area contributed by atoms with Crippen molar-refractivity contribution in [3.63, 3.8) is 0 Å². The Morgan fingerprint density at radius 2 is 1.79 bits per heavy atom. The molecule has 0 saturated carbocycles. The van der Waals surface area contributed by atoms with Crippen LogP contribution in [0, 0.1) is 6.92 Å². The molecular formula is C20H23BrN2O5S. The minimum atomic E-state index is -3.65. The van der Waals surface area contributed by atoms with Gasteiger partial charge in [0.05, 0.1) is 16.1 Å². The summed E-state index contributed by atoms with van der Waals surface area (Å²) in [6.45, 7) is 5.10. The monoisotopic (exact) mass is 482 g/mol. The van der Waals surface area contributed by atoms with Crippen LogP contribution >= 0.6 is 15.9 Å². The van der Waals surface area contributed by atoms with E-state index in [2.05, 4.69) is 26.0 Å². The number of ether oxygens (including phenoxy) is 1. The second-order valence-corrected chi connectivity index (χ2v) is 9.13. The normalized spacial score (nSPS) is 12.3. The highest BCUT2D eigenvalue weighted by Gasteiger charge is 2.18. The average Bonchev–Trinajstić information content (AvgIpc) is 2.68. The minimum absolute atomic E-state index is 0.0521. The SMILES string of the molecule is CCC(C)NS(=O)(=O)c1ccc(C(=O)OCC(=O)Nc2ccc(C)cc2Br)cc1. The molecule has 1 unspecified atom stereocenters. The molecule has 2 N–H and O–H groups in total. The third-order valence-electron chi connectivity index (χ3n) is 4.10. The number of aryl methyl sites for hydroxylation is 1. The van der Waals surface area contributed by atoms with Crippen molar-refractivity contribution in [1.29, 1.82) is 0 Å². The van der Waals surface area contributed by atoms with Gasteiger partial charge in [0, 0.05) is 10.5 Å². The van der Waals surface area contributed by atoms with E-state index in [0.29, 0.717) is 12.1 Å². The van der Waals surface area contributed by atoms with Gasteiger partial charge in [-0.3, -0.25) is 4.79 Å². The van der Waals surface area contributed by atoms with Crippen molar-refractivity contribution in [2.24, 2.45) is 0 Å².